The van der Waals surface area contributed by atoms with E-state index in [1.165, 1.54) is 0 Å². The molecule has 0 aliphatic carbocycles. The normalized spacial score (nSPS) is 14.5. The number of carbonyl (C=O) groups is 3. The lowest BCUT2D eigenvalue weighted by Gasteiger charge is -2.31. The van der Waals surface area contributed by atoms with Crippen LogP contribution in [0.2, 0.25) is 5.02 Å². The van der Waals surface area contributed by atoms with Gasteiger partial charge in [0.25, 0.3) is 5.91 Å². The van der Waals surface area contributed by atoms with E-state index in [4.69, 9.17) is 26.0 Å². The summed E-state index contributed by atoms with van der Waals surface area (Å²) >= 11 is 6.39. The molecule has 6 rings (SSSR count). The summed E-state index contributed by atoms with van der Waals surface area (Å²) in [5.41, 5.74) is 5.71. The maximum atomic E-state index is 13.4. The second-order valence-corrected chi connectivity index (χ2v) is 11.7. The van der Waals surface area contributed by atoms with E-state index in [-0.39, 0.29) is 17.7 Å². The van der Waals surface area contributed by atoms with Crippen LogP contribution in [0.5, 0.6) is 0 Å². The number of benzene rings is 2. The minimum atomic E-state index is -5.08. The summed E-state index contributed by atoms with van der Waals surface area (Å²) in [5, 5.41) is 21.1. The first-order valence-electron chi connectivity index (χ1n) is 14.9. The molecule has 12 nitrogen and oxygen atoms in total. The van der Waals surface area contributed by atoms with Gasteiger partial charge in [-0.3, -0.25) is 9.59 Å². The number of rotatable bonds is 3. The quantitative estimate of drug-likeness (QED) is 0.189. The molecule has 2 aromatic heterocycles. The molecule has 0 radical (unpaired) electrons. The maximum absolute atomic E-state index is 13.4. The standard InChI is InChI=1S/C30H30ClN7O3.C2HF3O2/c1-17-26(18(2)41-37-17)29(40)38-12-10-20(11-13-38)28(39)35-25-9-8-23-15-21(25)7-6-19-4-3-5-22(14-19)34-30-32-16-24(31)27(33-23)36-30;3-2(4,5)1(6)7/h3-5,8-9,14-16,20H,6-7,10-13H2,1-2H3,(H,35,39)(H2,32,33,34,36);(H,6,7). The summed E-state index contributed by atoms with van der Waals surface area (Å²) in [5.74, 6) is -1.63. The summed E-state index contributed by atoms with van der Waals surface area (Å²) in [6, 6.07) is 13.9. The Bertz CT molecular complexity index is 1820. The van der Waals surface area contributed by atoms with Gasteiger partial charge in [-0.25, -0.2) is 9.78 Å². The number of nitrogens with one attached hydrogen (secondary N) is 3. The van der Waals surface area contributed by atoms with E-state index in [9.17, 15) is 22.8 Å². The fourth-order valence-corrected chi connectivity index (χ4v) is 5.53. The Morgan fingerprint density at radius 1 is 1.04 bits per heavy atom. The zero-order chi connectivity index (χ0) is 34.6. The summed E-state index contributed by atoms with van der Waals surface area (Å²) in [6.45, 7) is 4.51. The van der Waals surface area contributed by atoms with Crippen molar-refractivity contribution in [1.29, 1.82) is 0 Å². The second kappa shape index (κ2) is 14.3. The van der Waals surface area contributed by atoms with Gasteiger partial charge in [0.05, 0.1) is 11.9 Å². The third-order valence-corrected chi connectivity index (χ3v) is 8.16. The van der Waals surface area contributed by atoms with Crippen LogP contribution in [0.4, 0.5) is 42.0 Å². The lowest BCUT2D eigenvalue weighted by atomic mass is 9.94. The maximum Gasteiger partial charge on any atom is 0.490 e. The smallest absolute Gasteiger partial charge is 0.475 e. The van der Waals surface area contributed by atoms with Crippen molar-refractivity contribution in [2.75, 3.05) is 29.0 Å². The summed E-state index contributed by atoms with van der Waals surface area (Å²) in [7, 11) is 0. The number of piperidine rings is 1. The van der Waals surface area contributed by atoms with Crippen molar-refractivity contribution >= 4 is 58.2 Å². The van der Waals surface area contributed by atoms with Gasteiger partial charge in [-0.1, -0.05) is 28.9 Å². The van der Waals surface area contributed by atoms with Crippen molar-refractivity contribution in [3.05, 3.63) is 81.8 Å². The first-order chi connectivity index (χ1) is 22.8. The minimum Gasteiger partial charge on any atom is -0.475 e. The Hall–Kier alpha value is -5.18. The van der Waals surface area contributed by atoms with Gasteiger partial charge in [0, 0.05) is 36.1 Å². The Morgan fingerprint density at radius 2 is 1.75 bits per heavy atom. The van der Waals surface area contributed by atoms with Crippen molar-refractivity contribution in [3.63, 3.8) is 0 Å². The number of aromatic nitrogens is 3. The first-order valence-corrected chi connectivity index (χ1v) is 15.3. The van der Waals surface area contributed by atoms with Gasteiger partial charge in [-0.15, -0.1) is 0 Å². The highest BCUT2D eigenvalue weighted by molar-refractivity contribution is 6.32. The average Bonchev–Trinajstić information content (AvgIpc) is 3.39. The molecule has 0 spiro atoms. The number of carbonyl (C=O) groups excluding carboxylic acids is 2. The van der Waals surface area contributed by atoms with Crippen LogP contribution in [0.15, 0.2) is 53.2 Å². The molecule has 252 valence electrons. The number of fused-ring (bicyclic) bond motifs is 6. The molecule has 0 atom stereocenters. The van der Waals surface area contributed by atoms with E-state index in [0.29, 0.717) is 59.7 Å². The third kappa shape index (κ3) is 8.20. The Balaban J connectivity index is 0.000000582. The number of amides is 2. The lowest BCUT2D eigenvalue weighted by Crippen LogP contribution is -2.41. The van der Waals surface area contributed by atoms with Gasteiger partial charge < -0.3 is 30.5 Å². The highest BCUT2D eigenvalue weighted by atomic mass is 35.5. The molecule has 0 unspecified atom stereocenters. The molecule has 4 aromatic rings. The van der Waals surface area contributed by atoms with Crippen LogP contribution >= 0.6 is 11.6 Å². The molecule has 4 N–H and O–H groups in total. The van der Waals surface area contributed by atoms with E-state index in [1.807, 2.05) is 30.3 Å². The van der Waals surface area contributed by atoms with Crippen molar-refractivity contribution < 1.29 is 37.2 Å². The van der Waals surface area contributed by atoms with Gasteiger partial charge in [-0.05, 0) is 81.0 Å². The fourth-order valence-electron chi connectivity index (χ4n) is 5.39. The predicted octanol–water partition coefficient (Wildman–Crippen LogP) is 6.44. The minimum absolute atomic E-state index is 0.0380. The summed E-state index contributed by atoms with van der Waals surface area (Å²) in [4.78, 5) is 45.9. The van der Waals surface area contributed by atoms with E-state index < -0.39 is 12.1 Å². The number of aryl methyl sites for hydroxylation is 4. The van der Waals surface area contributed by atoms with Crippen molar-refractivity contribution in [2.24, 2.45) is 5.92 Å². The molecule has 1 fully saturated rings. The van der Waals surface area contributed by atoms with Gasteiger partial charge >= 0.3 is 12.1 Å². The molecule has 16 heteroatoms. The molecular formula is C32H31ClF3N7O5. The number of hydrogen-bond donors (Lipinski definition) is 4. The second-order valence-electron chi connectivity index (χ2n) is 11.3. The average molecular weight is 686 g/mol. The van der Waals surface area contributed by atoms with Crippen LogP contribution in [-0.4, -0.2) is 62.2 Å². The summed E-state index contributed by atoms with van der Waals surface area (Å²) in [6.07, 6.45) is -0.848. The molecule has 2 aliphatic heterocycles. The van der Waals surface area contributed by atoms with E-state index in [1.54, 1.807) is 24.9 Å². The number of carboxylic acid groups (broad SMARTS) is 1. The van der Waals surface area contributed by atoms with Gasteiger partial charge in [0.15, 0.2) is 5.82 Å². The molecule has 2 aliphatic rings. The molecule has 48 heavy (non-hydrogen) atoms. The zero-order valence-corrected chi connectivity index (χ0v) is 26.6. The Kier molecular flexibility index (Phi) is 10.2. The Labute approximate surface area is 277 Å². The number of carboxylic acids is 1. The van der Waals surface area contributed by atoms with Gasteiger partial charge in [0.1, 0.15) is 16.3 Å². The van der Waals surface area contributed by atoms with Crippen molar-refractivity contribution in [3.8, 4) is 0 Å². The third-order valence-electron chi connectivity index (χ3n) is 7.88. The largest absolute Gasteiger partial charge is 0.490 e. The van der Waals surface area contributed by atoms with Crippen LogP contribution in [-0.2, 0) is 22.4 Å². The molecular weight excluding hydrogens is 655 g/mol. The summed E-state index contributed by atoms with van der Waals surface area (Å²) < 4.78 is 36.9. The number of alkyl halides is 3. The highest BCUT2D eigenvalue weighted by Crippen LogP contribution is 2.30. The number of aliphatic carboxylic acids is 1. The zero-order valence-electron chi connectivity index (χ0n) is 25.8. The van der Waals surface area contributed by atoms with Gasteiger partial charge in [-0.2, -0.15) is 18.2 Å². The lowest BCUT2D eigenvalue weighted by molar-refractivity contribution is -0.192. The SMILES string of the molecule is Cc1noc(C)c1C(=O)N1CCC(C(=O)Nc2ccc3cc2CCc2cccc(c2)Nc2ncc(Cl)c(n2)N3)CC1.O=C(O)C(F)(F)F. The van der Waals surface area contributed by atoms with Crippen LogP contribution in [0.1, 0.15) is 45.8 Å². The van der Waals surface area contributed by atoms with Crippen molar-refractivity contribution in [2.45, 2.75) is 45.7 Å². The van der Waals surface area contributed by atoms with Crippen molar-refractivity contribution in [1.82, 2.24) is 20.0 Å². The van der Waals surface area contributed by atoms with Crippen LogP contribution in [0, 0.1) is 19.8 Å². The number of halogens is 4. The molecule has 4 heterocycles. The topological polar surface area (TPSA) is 163 Å². The van der Waals surface area contributed by atoms with E-state index in [0.717, 1.165) is 41.0 Å². The van der Waals surface area contributed by atoms with Crippen LogP contribution in [0.25, 0.3) is 0 Å². The highest BCUT2D eigenvalue weighted by Gasteiger charge is 2.38. The molecule has 2 aromatic carbocycles. The number of nitrogens with zero attached hydrogens (tertiary/aromatic N) is 4. The fraction of sp³-hybridized carbons (Fsp3) is 0.312. The van der Waals surface area contributed by atoms with Crippen LogP contribution < -0.4 is 16.0 Å². The number of likely N-dealkylation sites (tertiary alicyclic amines) is 1. The first kappa shape index (κ1) is 34.2. The van der Waals surface area contributed by atoms with E-state index >= 15 is 0 Å². The Morgan fingerprint density at radius 3 is 2.42 bits per heavy atom. The predicted molar refractivity (Wildman–Crippen MR) is 171 cm³/mol. The molecule has 1 saturated heterocycles. The monoisotopic (exact) mass is 685 g/mol. The number of hydrogen-bond acceptors (Lipinski definition) is 9. The van der Waals surface area contributed by atoms with E-state index in [2.05, 4.69) is 43.2 Å². The number of anilines is 5. The molecule has 0 saturated carbocycles. The molecule has 2 amide bonds. The van der Waals surface area contributed by atoms with Crippen LogP contribution in [0.3, 0.4) is 0 Å². The molecule has 6 bridgehead atoms. The van der Waals surface area contributed by atoms with Gasteiger partial charge in [0.2, 0.25) is 11.9 Å².